The van der Waals surface area contributed by atoms with Crippen molar-refractivity contribution in [3.63, 3.8) is 0 Å². The van der Waals surface area contributed by atoms with Crippen LogP contribution in [0.25, 0.3) is 0 Å². The molecule has 2 N–H and O–H groups in total. The molecular formula is C12H22N2O3. The lowest BCUT2D eigenvalue weighted by Gasteiger charge is -2.46. The van der Waals surface area contributed by atoms with Crippen LogP contribution in [0.5, 0.6) is 0 Å². The monoisotopic (exact) mass is 242 g/mol. The van der Waals surface area contributed by atoms with E-state index in [0.29, 0.717) is 19.4 Å². The van der Waals surface area contributed by atoms with E-state index in [-0.39, 0.29) is 6.10 Å². The summed E-state index contributed by atoms with van der Waals surface area (Å²) in [5, 5.41) is 12.9. The molecule has 2 aliphatic heterocycles. The summed E-state index contributed by atoms with van der Waals surface area (Å²) < 4.78 is 5.62. The SMILES string of the molecule is CCC1CC(C(=O)O)(N2CCNCC2)CCO1. The van der Waals surface area contributed by atoms with Gasteiger partial charge in [0.1, 0.15) is 5.54 Å². The molecule has 2 saturated heterocycles. The Morgan fingerprint density at radius 3 is 2.82 bits per heavy atom. The molecule has 0 amide bonds. The molecule has 2 unspecified atom stereocenters. The van der Waals surface area contributed by atoms with Gasteiger partial charge in [0.05, 0.1) is 6.10 Å². The minimum Gasteiger partial charge on any atom is -0.480 e. The maximum atomic E-state index is 11.7. The fourth-order valence-electron chi connectivity index (χ4n) is 2.90. The zero-order valence-electron chi connectivity index (χ0n) is 10.4. The molecule has 0 aromatic carbocycles. The highest BCUT2D eigenvalue weighted by atomic mass is 16.5. The highest BCUT2D eigenvalue weighted by molar-refractivity contribution is 5.79. The highest BCUT2D eigenvalue weighted by Gasteiger charge is 2.47. The van der Waals surface area contributed by atoms with E-state index >= 15 is 0 Å². The summed E-state index contributed by atoms with van der Waals surface area (Å²) in [7, 11) is 0. The van der Waals surface area contributed by atoms with Crippen molar-refractivity contribution < 1.29 is 14.6 Å². The third-order valence-corrected chi connectivity index (χ3v) is 4.01. The van der Waals surface area contributed by atoms with Crippen molar-refractivity contribution in [3.8, 4) is 0 Å². The predicted molar refractivity (Wildman–Crippen MR) is 64.1 cm³/mol. The molecule has 2 fully saturated rings. The quantitative estimate of drug-likeness (QED) is 0.745. The van der Waals surface area contributed by atoms with Gasteiger partial charge in [0, 0.05) is 39.2 Å². The van der Waals surface area contributed by atoms with Gasteiger partial charge in [-0.25, -0.2) is 0 Å². The van der Waals surface area contributed by atoms with E-state index in [0.717, 1.165) is 32.6 Å². The topological polar surface area (TPSA) is 61.8 Å². The van der Waals surface area contributed by atoms with E-state index in [1.54, 1.807) is 0 Å². The average Bonchev–Trinajstić information content (AvgIpc) is 2.39. The van der Waals surface area contributed by atoms with Crippen LogP contribution in [0.3, 0.4) is 0 Å². The summed E-state index contributed by atoms with van der Waals surface area (Å²) in [6.45, 7) is 6.03. The Bertz CT molecular complexity index is 279. The molecule has 17 heavy (non-hydrogen) atoms. The number of carbonyl (C=O) groups is 1. The van der Waals surface area contributed by atoms with Gasteiger partial charge in [-0.05, 0) is 12.8 Å². The standard InChI is InChI=1S/C12H22N2O3/c1-2-10-9-12(11(15)16,3-8-17-10)14-6-4-13-5-7-14/h10,13H,2-9H2,1H3,(H,15,16). The Hall–Kier alpha value is -0.650. The molecule has 2 atom stereocenters. The van der Waals surface area contributed by atoms with E-state index in [4.69, 9.17) is 4.74 Å². The van der Waals surface area contributed by atoms with Crippen LogP contribution in [-0.2, 0) is 9.53 Å². The van der Waals surface area contributed by atoms with Gasteiger partial charge in [0.25, 0.3) is 0 Å². The van der Waals surface area contributed by atoms with Crippen molar-refractivity contribution in [1.82, 2.24) is 10.2 Å². The molecule has 2 rings (SSSR count). The van der Waals surface area contributed by atoms with Gasteiger partial charge in [0.15, 0.2) is 0 Å². The zero-order chi connectivity index (χ0) is 12.3. The third kappa shape index (κ3) is 2.46. The van der Waals surface area contributed by atoms with E-state index in [1.165, 1.54) is 0 Å². The van der Waals surface area contributed by atoms with Crippen LogP contribution in [0.2, 0.25) is 0 Å². The fourth-order valence-corrected chi connectivity index (χ4v) is 2.90. The molecule has 0 aromatic heterocycles. The largest absolute Gasteiger partial charge is 0.480 e. The molecule has 2 aliphatic rings. The predicted octanol–water partition coefficient (Wildman–Crippen LogP) is 0.304. The molecule has 5 heteroatoms. The van der Waals surface area contributed by atoms with E-state index in [1.807, 2.05) is 0 Å². The fraction of sp³-hybridized carbons (Fsp3) is 0.917. The summed E-state index contributed by atoms with van der Waals surface area (Å²) in [4.78, 5) is 13.9. The molecule has 0 saturated carbocycles. The molecule has 98 valence electrons. The van der Waals surface area contributed by atoms with Gasteiger partial charge in [-0.2, -0.15) is 0 Å². The second-order valence-corrected chi connectivity index (χ2v) is 4.93. The third-order valence-electron chi connectivity index (χ3n) is 4.01. The lowest BCUT2D eigenvalue weighted by atomic mass is 9.83. The molecule has 0 radical (unpaired) electrons. The summed E-state index contributed by atoms with van der Waals surface area (Å²) in [5.74, 6) is -0.679. The summed E-state index contributed by atoms with van der Waals surface area (Å²) >= 11 is 0. The number of piperazine rings is 1. The Balaban J connectivity index is 2.15. The van der Waals surface area contributed by atoms with Gasteiger partial charge in [-0.15, -0.1) is 0 Å². The van der Waals surface area contributed by atoms with Crippen molar-refractivity contribution in [1.29, 1.82) is 0 Å². The number of hydrogen-bond acceptors (Lipinski definition) is 4. The van der Waals surface area contributed by atoms with Crippen LogP contribution in [0.4, 0.5) is 0 Å². The summed E-state index contributed by atoms with van der Waals surface area (Å²) in [6.07, 6.45) is 2.22. The zero-order valence-corrected chi connectivity index (χ0v) is 10.4. The summed E-state index contributed by atoms with van der Waals surface area (Å²) in [5.41, 5.74) is -0.693. The van der Waals surface area contributed by atoms with Crippen molar-refractivity contribution >= 4 is 5.97 Å². The first-order valence-electron chi connectivity index (χ1n) is 6.50. The van der Waals surface area contributed by atoms with Crippen LogP contribution in [0.15, 0.2) is 0 Å². The molecule has 0 spiro atoms. The van der Waals surface area contributed by atoms with E-state index < -0.39 is 11.5 Å². The maximum Gasteiger partial charge on any atom is 0.324 e. The first kappa shape index (κ1) is 12.8. The van der Waals surface area contributed by atoms with Crippen molar-refractivity contribution in [2.45, 2.75) is 37.8 Å². The molecule has 5 nitrogen and oxygen atoms in total. The molecular weight excluding hydrogens is 220 g/mol. The van der Waals surface area contributed by atoms with Crippen molar-refractivity contribution in [2.24, 2.45) is 0 Å². The lowest BCUT2D eigenvalue weighted by Crippen LogP contribution is -2.63. The number of nitrogens with zero attached hydrogens (tertiary/aromatic N) is 1. The van der Waals surface area contributed by atoms with Gasteiger partial charge in [0.2, 0.25) is 0 Å². The Kier molecular flexibility index (Phi) is 4.01. The first-order valence-corrected chi connectivity index (χ1v) is 6.50. The van der Waals surface area contributed by atoms with Crippen molar-refractivity contribution in [2.75, 3.05) is 32.8 Å². The Labute approximate surface area is 102 Å². The van der Waals surface area contributed by atoms with Crippen LogP contribution in [0, 0.1) is 0 Å². The second-order valence-electron chi connectivity index (χ2n) is 4.93. The number of aliphatic carboxylic acids is 1. The number of nitrogens with one attached hydrogen (secondary N) is 1. The lowest BCUT2D eigenvalue weighted by molar-refractivity contribution is -0.164. The first-order chi connectivity index (χ1) is 8.19. The molecule has 0 bridgehead atoms. The van der Waals surface area contributed by atoms with E-state index in [2.05, 4.69) is 17.1 Å². The molecule has 0 aliphatic carbocycles. The van der Waals surface area contributed by atoms with Gasteiger partial charge in [-0.3, -0.25) is 9.69 Å². The minimum atomic E-state index is -0.693. The normalized spacial score (nSPS) is 35.7. The van der Waals surface area contributed by atoms with Crippen LogP contribution >= 0.6 is 0 Å². The smallest absolute Gasteiger partial charge is 0.324 e. The minimum absolute atomic E-state index is 0.0923. The van der Waals surface area contributed by atoms with Gasteiger partial charge < -0.3 is 15.2 Å². The number of carboxylic acids is 1. The number of hydrogen-bond donors (Lipinski definition) is 2. The Morgan fingerprint density at radius 1 is 1.53 bits per heavy atom. The number of ether oxygens (including phenoxy) is 1. The molecule has 0 aromatic rings. The van der Waals surface area contributed by atoms with Crippen LogP contribution in [-0.4, -0.2) is 60.4 Å². The second kappa shape index (κ2) is 5.33. The average molecular weight is 242 g/mol. The number of carboxylic acid groups (broad SMARTS) is 1. The van der Waals surface area contributed by atoms with Gasteiger partial charge >= 0.3 is 5.97 Å². The van der Waals surface area contributed by atoms with Gasteiger partial charge in [-0.1, -0.05) is 6.92 Å². The summed E-state index contributed by atoms with van der Waals surface area (Å²) in [6, 6.07) is 0. The van der Waals surface area contributed by atoms with Crippen LogP contribution in [0.1, 0.15) is 26.2 Å². The maximum absolute atomic E-state index is 11.7. The highest BCUT2D eigenvalue weighted by Crippen LogP contribution is 2.32. The van der Waals surface area contributed by atoms with E-state index in [9.17, 15) is 9.90 Å². The van der Waals surface area contributed by atoms with Crippen LogP contribution < -0.4 is 5.32 Å². The Morgan fingerprint density at radius 2 is 2.24 bits per heavy atom. The molecule has 2 heterocycles. The number of rotatable bonds is 3. The van der Waals surface area contributed by atoms with Crippen molar-refractivity contribution in [3.05, 3.63) is 0 Å².